The molecule has 18 heavy (non-hydrogen) atoms. The number of hydrogen-bond acceptors (Lipinski definition) is 3. The van der Waals surface area contributed by atoms with Crippen molar-refractivity contribution in [3.8, 4) is 0 Å². The maximum absolute atomic E-state index is 14.1. The van der Waals surface area contributed by atoms with Gasteiger partial charge in [0.1, 0.15) is 5.82 Å². The van der Waals surface area contributed by atoms with Crippen LogP contribution >= 0.6 is 0 Å². The van der Waals surface area contributed by atoms with E-state index in [-0.39, 0.29) is 5.82 Å². The number of piperazine rings is 1. The molecule has 0 spiro atoms. The van der Waals surface area contributed by atoms with E-state index in [4.69, 9.17) is 0 Å². The number of hydrogen-bond donors (Lipinski definition) is 1. The van der Waals surface area contributed by atoms with E-state index in [0.717, 1.165) is 19.6 Å². The zero-order valence-electron chi connectivity index (χ0n) is 11.2. The van der Waals surface area contributed by atoms with Crippen LogP contribution in [0.5, 0.6) is 0 Å². The maximum atomic E-state index is 14.1. The molecule has 0 bridgehead atoms. The first kappa shape index (κ1) is 13.3. The van der Waals surface area contributed by atoms with Crippen LogP contribution in [0, 0.1) is 5.82 Å². The van der Waals surface area contributed by atoms with Gasteiger partial charge in [-0.25, -0.2) is 4.39 Å². The molecule has 2 rings (SSSR count). The summed E-state index contributed by atoms with van der Waals surface area (Å²) >= 11 is 0. The Balaban J connectivity index is 2.23. The van der Waals surface area contributed by atoms with E-state index < -0.39 is 6.10 Å². The Kier molecular flexibility index (Phi) is 3.88. The van der Waals surface area contributed by atoms with Crippen molar-refractivity contribution in [3.63, 3.8) is 0 Å². The first-order valence-electron chi connectivity index (χ1n) is 6.41. The third kappa shape index (κ3) is 2.65. The van der Waals surface area contributed by atoms with E-state index in [2.05, 4.69) is 23.8 Å². The van der Waals surface area contributed by atoms with E-state index in [9.17, 15) is 9.50 Å². The highest BCUT2D eigenvalue weighted by Gasteiger charge is 2.24. The van der Waals surface area contributed by atoms with Crippen LogP contribution in [-0.2, 0) is 0 Å². The summed E-state index contributed by atoms with van der Waals surface area (Å²) in [6.07, 6.45) is -0.626. The summed E-state index contributed by atoms with van der Waals surface area (Å²) < 4.78 is 14.1. The molecule has 1 N–H and O–H groups in total. The van der Waals surface area contributed by atoms with Gasteiger partial charge in [-0.1, -0.05) is 6.07 Å². The highest BCUT2D eigenvalue weighted by Crippen LogP contribution is 2.26. The summed E-state index contributed by atoms with van der Waals surface area (Å²) in [7, 11) is 2.08. The zero-order valence-corrected chi connectivity index (χ0v) is 11.2. The third-order valence-corrected chi connectivity index (χ3v) is 3.59. The molecule has 0 radical (unpaired) electrons. The van der Waals surface area contributed by atoms with Crippen molar-refractivity contribution in [1.82, 2.24) is 4.90 Å². The Morgan fingerprint density at radius 2 is 2.11 bits per heavy atom. The fraction of sp³-hybridized carbons (Fsp3) is 0.571. The predicted molar refractivity (Wildman–Crippen MR) is 71.3 cm³/mol. The summed E-state index contributed by atoms with van der Waals surface area (Å²) in [6.45, 7) is 6.48. The van der Waals surface area contributed by atoms with Gasteiger partial charge in [-0.3, -0.25) is 0 Å². The van der Waals surface area contributed by atoms with Crippen LogP contribution in [0.1, 0.15) is 25.5 Å². The van der Waals surface area contributed by atoms with Crippen molar-refractivity contribution in [3.05, 3.63) is 29.6 Å². The van der Waals surface area contributed by atoms with Crippen LogP contribution in [0.25, 0.3) is 0 Å². The molecule has 1 saturated heterocycles. The van der Waals surface area contributed by atoms with Gasteiger partial charge in [-0.05, 0) is 38.6 Å². The molecule has 3 nitrogen and oxygen atoms in total. The lowest BCUT2D eigenvalue weighted by molar-refractivity contribution is 0.199. The van der Waals surface area contributed by atoms with Crippen molar-refractivity contribution >= 4 is 5.69 Å². The van der Waals surface area contributed by atoms with Gasteiger partial charge < -0.3 is 14.9 Å². The number of aliphatic hydroxyl groups excluding tert-OH is 1. The number of benzene rings is 1. The van der Waals surface area contributed by atoms with E-state index in [0.29, 0.717) is 17.3 Å². The van der Waals surface area contributed by atoms with Gasteiger partial charge in [-0.2, -0.15) is 0 Å². The Labute approximate surface area is 108 Å². The van der Waals surface area contributed by atoms with Crippen molar-refractivity contribution in [2.75, 3.05) is 31.6 Å². The number of rotatable bonds is 2. The van der Waals surface area contributed by atoms with Crippen LogP contribution in [0.15, 0.2) is 18.2 Å². The fourth-order valence-electron chi connectivity index (χ4n) is 2.51. The maximum Gasteiger partial charge on any atom is 0.146 e. The van der Waals surface area contributed by atoms with Crippen LogP contribution < -0.4 is 4.90 Å². The highest BCUT2D eigenvalue weighted by molar-refractivity contribution is 5.50. The molecule has 1 aromatic carbocycles. The number of aliphatic hydroxyl groups is 1. The van der Waals surface area contributed by atoms with Crippen LogP contribution in [0.3, 0.4) is 0 Å². The molecule has 100 valence electrons. The first-order chi connectivity index (χ1) is 8.49. The summed E-state index contributed by atoms with van der Waals surface area (Å²) in [4.78, 5) is 4.35. The molecule has 0 amide bonds. The first-order valence-corrected chi connectivity index (χ1v) is 6.41. The normalized spacial score (nSPS) is 23.2. The van der Waals surface area contributed by atoms with Crippen molar-refractivity contribution in [2.45, 2.75) is 26.0 Å². The molecule has 1 aromatic rings. The van der Waals surface area contributed by atoms with E-state index in [1.165, 1.54) is 6.07 Å². The third-order valence-electron chi connectivity index (χ3n) is 3.59. The highest BCUT2D eigenvalue weighted by atomic mass is 19.1. The lowest BCUT2D eigenvalue weighted by Crippen LogP contribution is -2.50. The second kappa shape index (κ2) is 5.24. The minimum atomic E-state index is -0.626. The Morgan fingerprint density at radius 1 is 1.39 bits per heavy atom. The van der Waals surface area contributed by atoms with Gasteiger partial charge in [-0.15, -0.1) is 0 Å². The molecule has 0 saturated carbocycles. The Hall–Kier alpha value is -1.13. The lowest BCUT2D eigenvalue weighted by atomic mass is 10.1. The monoisotopic (exact) mass is 252 g/mol. The molecule has 4 heteroatoms. The van der Waals surface area contributed by atoms with Gasteiger partial charge >= 0.3 is 0 Å². The van der Waals surface area contributed by atoms with Gasteiger partial charge in [0.15, 0.2) is 0 Å². The second-order valence-electron chi connectivity index (χ2n) is 5.19. The zero-order chi connectivity index (χ0) is 13.3. The fourth-order valence-corrected chi connectivity index (χ4v) is 2.51. The topological polar surface area (TPSA) is 26.7 Å². The molecule has 2 atom stereocenters. The van der Waals surface area contributed by atoms with Crippen molar-refractivity contribution in [1.29, 1.82) is 0 Å². The van der Waals surface area contributed by atoms with Crippen molar-refractivity contribution in [2.24, 2.45) is 0 Å². The van der Waals surface area contributed by atoms with Gasteiger partial charge in [0, 0.05) is 25.7 Å². The van der Waals surface area contributed by atoms with Gasteiger partial charge in [0.05, 0.1) is 11.8 Å². The molecule has 1 aliphatic heterocycles. The minimum absolute atomic E-state index is 0.246. The van der Waals surface area contributed by atoms with Crippen LogP contribution in [-0.4, -0.2) is 42.7 Å². The molecule has 1 aliphatic rings. The smallest absolute Gasteiger partial charge is 0.146 e. The van der Waals surface area contributed by atoms with Crippen LogP contribution in [0.2, 0.25) is 0 Å². The predicted octanol–water partition coefficient (Wildman–Crippen LogP) is 2.02. The Morgan fingerprint density at radius 3 is 2.67 bits per heavy atom. The number of anilines is 1. The van der Waals surface area contributed by atoms with E-state index >= 15 is 0 Å². The average Bonchev–Trinajstić information content (AvgIpc) is 2.30. The summed E-state index contributed by atoms with van der Waals surface area (Å²) in [5, 5.41) is 9.45. The molecule has 0 aromatic heterocycles. The summed E-state index contributed by atoms with van der Waals surface area (Å²) in [5.74, 6) is -0.246. The molecular formula is C14H21FN2O. The van der Waals surface area contributed by atoms with Gasteiger partial charge in [0.2, 0.25) is 0 Å². The van der Waals surface area contributed by atoms with Gasteiger partial charge in [0.25, 0.3) is 0 Å². The molecule has 1 heterocycles. The van der Waals surface area contributed by atoms with E-state index in [1.54, 1.807) is 19.1 Å². The molecule has 0 aliphatic carbocycles. The SMILES string of the molecule is CC1CN(C)CCN1c1ccc([C@H](C)O)cc1F. The molecular weight excluding hydrogens is 231 g/mol. The average molecular weight is 252 g/mol. The summed E-state index contributed by atoms with van der Waals surface area (Å²) in [5.41, 5.74) is 1.26. The number of halogens is 1. The van der Waals surface area contributed by atoms with E-state index in [1.807, 2.05) is 0 Å². The summed E-state index contributed by atoms with van der Waals surface area (Å²) in [6, 6.07) is 5.31. The molecule has 1 fully saturated rings. The minimum Gasteiger partial charge on any atom is -0.389 e. The standard InChI is InChI=1S/C14H21FN2O/c1-10-9-16(3)6-7-17(10)14-5-4-12(11(2)18)8-13(14)15/h4-5,8,10-11,18H,6-7,9H2,1-3H3/t10?,11-/m0/s1. The van der Waals surface area contributed by atoms with Crippen LogP contribution in [0.4, 0.5) is 10.1 Å². The van der Waals surface area contributed by atoms with Crippen molar-refractivity contribution < 1.29 is 9.50 Å². The molecule has 1 unspecified atom stereocenters. The second-order valence-corrected chi connectivity index (χ2v) is 5.19. The largest absolute Gasteiger partial charge is 0.389 e. The number of likely N-dealkylation sites (N-methyl/N-ethyl adjacent to an activating group) is 1. The number of nitrogens with zero attached hydrogens (tertiary/aromatic N) is 2. The Bertz CT molecular complexity index is 422. The quantitative estimate of drug-likeness (QED) is 0.872. The lowest BCUT2D eigenvalue weighted by Gasteiger charge is -2.40.